The van der Waals surface area contributed by atoms with E-state index < -0.39 is 37.1 Å². The van der Waals surface area contributed by atoms with Gasteiger partial charge in [-0.25, -0.2) is 4.98 Å². The molecule has 2 aromatic carbocycles. The lowest BCUT2D eigenvalue weighted by atomic mass is 9.87. The highest BCUT2D eigenvalue weighted by Crippen LogP contribution is 2.41. The molecule has 1 aliphatic heterocycles. The molecule has 5 atom stereocenters. The first-order valence-corrected chi connectivity index (χ1v) is 10.9. The third kappa shape index (κ3) is 4.12. The Bertz CT molecular complexity index is 1050. The first-order valence-electron chi connectivity index (χ1n) is 10.1. The van der Waals surface area contributed by atoms with E-state index in [1.807, 2.05) is 6.92 Å². The molecule has 0 aliphatic carbocycles. The SMILES string of the molecule is CCOc1cnc(Cc2cc([C@@H]3O[C@H](CO)[C@@H](O)[C@H](O)[C@H]3O)c3ccccc3c2O)s1. The molecule has 0 amide bonds. The van der Waals surface area contributed by atoms with E-state index in [0.717, 1.165) is 5.01 Å². The van der Waals surface area contributed by atoms with Crippen molar-refractivity contribution >= 4 is 22.1 Å². The molecule has 4 rings (SSSR count). The normalized spacial score (nSPS) is 26.3. The molecule has 1 saturated heterocycles. The smallest absolute Gasteiger partial charge is 0.194 e. The van der Waals surface area contributed by atoms with E-state index in [2.05, 4.69) is 4.98 Å². The molecule has 5 N–H and O–H groups in total. The predicted molar refractivity (Wildman–Crippen MR) is 114 cm³/mol. The Labute approximate surface area is 183 Å². The van der Waals surface area contributed by atoms with Gasteiger partial charge in [0.15, 0.2) is 5.06 Å². The summed E-state index contributed by atoms with van der Waals surface area (Å²) in [4.78, 5) is 4.35. The topological polar surface area (TPSA) is 132 Å². The van der Waals surface area contributed by atoms with Crippen LogP contribution >= 0.6 is 11.3 Å². The highest BCUT2D eigenvalue weighted by molar-refractivity contribution is 7.13. The van der Waals surface area contributed by atoms with Gasteiger partial charge < -0.3 is 35.0 Å². The van der Waals surface area contributed by atoms with Gasteiger partial charge in [0.25, 0.3) is 0 Å². The van der Waals surface area contributed by atoms with Crippen LogP contribution in [0.4, 0.5) is 0 Å². The summed E-state index contributed by atoms with van der Waals surface area (Å²) in [6.45, 7) is 1.91. The van der Waals surface area contributed by atoms with E-state index in [4.69, 9.17) is 9.47 Å². The fourth-order valence-electron chi connectivity index (χ4n) is 3.92. The van der Waals surface area contributed by atoms with Crippen molar-refractivity contribution in [3.05, 3.63) is 52.7 Å². The Hall–Kier alpha value is -2.27. The number of aromatic hydroxyl groups is 1. The number of phenols is 1. The van der Waals surface area contributed by atoms with Crippen LogP contribution in [0.5, 0.6) is 10.8 Å². The molecule has 2 heterocycles. The molecule has 8 nitrogen and oxygen atoms in total. The van der Waals surface area contributed by atoms with E-state index in [0.29, 0.717) is 40.0 Å². The van der Waals surface area contributed by atoms with Gasteiger partial charge in [-0.15, -0.1) is 0 Å². The number of aromatic nitrogens is 1. The zero-order valence-electron chi connectivity index (χ0n) is 16.9. The summed E-state index contributed by atoms with van der Waals surface area (Å²) in [5.74, 6) is 0.0945. The maximum atomic E-state index is 10.9. The number of aliphatic hydroxyl groups is 4. The molecule has 166 valence electrons. The maximum absolute atomic E-state index is 10.9. The van der Waals surface area contributed by atoms with E-state index in [1.54, 1.807) is 36.5 Å². The van der Waals surface area contributed by atoms with Gasteiger partial charge in [0.05, 0.1) is 19.4 Å². The molecule has 3 aromatic rings. The minimum absolute atomic E-state index is 0.0945. The first kappa shape index (κ1) is 21.9. The Morgan fingerprint density at radius 1 is 1.10 bits per heavy atom. The highest BCUT2D eigenvalue weighted by Gasteiger charge is 2.44. The largest absolute Gasteiger partial charge is 0.507 e. The van der Waals surface area contributed by atoms with Crippen LogP contribution in [0.25, 0.3) is 10.8 Å². The molecule has 1 aliphatic rings. The van der Waals surface area contributed by atoms with Crippen LogP contribution in [0.15, 0.2) is 36.5 Å². The van der Waals surface area contributed by atoms with E-state index in [1.165, 1.54) is 11.3 Å². The van der Waals surface area contributed by atoms with Crippen LogP contribution in [0.1, 0.15) is 29.2 Å². The summed E-state index contributed by atoms with van der Waals surface area (Å²) < 4.78 is 11.3. The van der Waals surface area contributed by atoms with Crippen LogP contribution in [0.2, 0.25) is 0 Å². The second kappa shape index (κ2) is 9.07. The number of thiazole rings is 1. The van der Waals surface area contributed by atoms with Gasteiger partial charge in [-0.1, -0.05) is 35.6 Å². The quantitative estimate of drug-likeness (QED) is 0.384. The Kier molecular flexibility index (Phi) is 6.42. The minimum Gasteiger partial charge on any atom is -0.507 e. The van der Waals surface area contributed by atoms with E-state index in [-0.39, 0.29) is 5.75 Å². The maximum Gasteiger partial charge on any atom is 0.194 e. The molecule has 0 spiro atoms. The highest BCUT2D eigenvalue weighted by atomic mass is 32.1. The summed E-state index contributed by atoms with van der Waals surface area (Å²) in [5, 5.41) is 54.1. The van der Waals surface area contributed by atoms with Gasteiger partial charge in [-0.3, -0.25) is 0 Å². The molecule has 0 saturated carbocycles. The Balaban J connectivity index is 1.78. The average Bonchev–Trinajstić information content (AvgIpc) is 3.22. The molecular weight excluding hydrogens is 422 g/mol. The lowest BCUT2D eigenvalue weighted by molar-refractivity contribution is -0.231. The van der Waals surface area contributed by atoms with Crippen LogP contribution < -0.4 is 4.74 Å². The third-order valence-electron chi connectivity index (χ3n) is 5.49. The van der Waals surface area contributed by atoms with Gasteiger partial charge >= 0.3 is 0 Å². The first-order chi connectivity index (χ1) is 14.9. The number of hydrogen-bond acceptors (Lipinski definition) is 9. The summed E-state index contributed by atoms with van der Waals surface area (Å²) in [7, 11) is 0. The summed E-state index contributed by atoms with van der Waals surface area (Å²) in [6, 6.07) is 8.84. The summed E-state index contributed by atoms with van der Waals surface area (Å²) in [6.07, 6.45) is -4.39. The van der Waals surface area contributed by atoms with Crippen molar-refractivity contribution < 1.29 is 35.0 Å². The van der Waals surface area contributed by atoms with Crippen molar-refractivity contribution in [1.29, 1.82) is 0 Å². The second-order valence-corrected chi connectivity index (χ2v) is 8.53. The molecule has 1 aromatic heterocycles. The number of phenolic OH excluding ortho intramolecular Hbond substituents is 1. The molecule has 0 unspecified atom stereocenters. The van der Waals surface area contributed by atoms with Crippen LogP contribution in [0.3, 0.4) is 0 Å². The lowest BCUT2D eigenvalue weighted by Gasteiger charge is -2.40. The molecule has 1 fully saturated rings. The predicted octanol–water partition coefficient (Wildman–Crippen LogP) is 1.51. The minimum atomic E-state index is -1.49. The standard InChI is InChI=1S/C22H25NO7S/c1-2-29-17-9-23-16(31-17)8-11-7-14(12-5-3-4-6-13(12)18(11)25)22-21(28)20(27)19(26)15(10-24)30-22/h3-7,9,15,19-22,24-28H,2,8,10H2,1H3/t15-,19-,20+,21-,22+/m1/s1. The fourth-order valence-corrected chi connectivity index (χ4v) is 4.77. The number of nitrogens with zero attached hydrogens (tertiary/aromatic N) is 1. The zero-order chi connectivity index (χ0) is 22.1. The Morgan fingerprint density at radius 2 is 1.84 bits per heavy atom. The van der Waals surface area contributed by atoms with Crippen molar-refractivity contribution in [2.45, 2.75) is 43.9 Å². The number of benzene rings is 2. The molecule has 0 radical (unpaired) electrons. The Morgan fingerprint density at radius 3 is 2.55 bits per heavy atom. The molecule has 9 heteroatoms. The average molecular weight is 448 g/mol. The number of aliphatic hydroxyl groups excluding tert-OH is 4. The van der Waals surface area contributed by atoms with Crippen molar-refractivity contribution in [2.24, 2.45) is 0 Å². The van der Waals surface area contributed by atoms with Gasteiger partial charge in [-0.2, -0.15) is 0 Å². The second-order valence-electron chi connectivity index (χ2n) is 7.45. The molecule has 31 heavy (non-hydrogen) atoms. The number of fused-ring (bicyclic) bond motifs is 1. The summed E-state index contributed by atoms with van der Waals surface area (Å²) in [5.41, 5.74) is 1.12. The van der Waals surface area contributed by atoms with Crippen molar-refractivity contribution in [1.82, 2.24) is 4.98 Å². The third-order valence-corrected chi connectivity index (χ3v) is 6.40. The molecular formula is C22H25NO7S. The van der Waals surface area contributed by atoms with Crippen molar-refractivity contribution in [2.75, 3.05) is 13.2 Å². The zero-order valence-corrected chi connectivity index (χ0v) is 17.7. The number of rotatable bonds is 6. The van der Waals surface area contributed by atoms with Crippen LogP contribution in [-0.2, 0) is 11.2 Å². The number of hydrogen-bond donors (Lipinski definition) is 5. The van der Waals surface area contributed by atoms with Crippen molar-refractivity contribution in [3.8, 4) is 10.8 Å². The monoisotopic (exact) mass is 447 g/mol. The van der Waals surface area contributed by atoms with E-state index in [9.17, 15) is 25.5 Å². The number of ether oxygens (including phenoxy) is 2. The molecule has 0 bridgehead atoms. The van der Waals surface area contributed by atoms with Gasteiger partial charge in [0.1, 0.15) is 41.3 Å². The van der Waals surface area contributed by atoms with Gasteiger partial charge in [-0.05, 0) is 23.9 Å². The van der Waals surface area contributed by atoms with Crippen LogP contribution in [-0.4, -0.2) is 68.1 Å². The summed E-state index contributed by atoms with van der Waals surface area (Å²) >= 11 is 1.38. The van der Waals surface area contributed by atoms with Gasteiger partial charge in [0, 0.05) is 17.4 Å². The van der Waals surface area contributed by atoms with Gasteiger partial charge in [0.2, 0.25) is 0 Å². The van der Waals surface area contributed by atoms with E-state index >= 15 is 0 Å². The van der Waals surface area contributed by atoms with Crippen LogP contribution in [0, 0.1) is 0 Å². The fraction of sp³-hybridized carbons (Fsp3) is 0.409. The van der Waals surface area contributed by atoms with Crippen molar-refractivity contribution in [3.63, 3.8) is 0 Å². The lowest BCUT2D eigenvalue weighted by Crippen LogP contribution is -2.55.